The van der Waals surface area contributed by atoms with E-state index in [2.05, 4.69) is 35.4 Å². The number of aromatic amines is 1. The molecule has 0 aliphatic carbocycles. The first-order valence-electron chi connectivity index (χ1n) is 3.75. The van der Waals surface area contributed by atoms with E-state index in [4.69, 9.17) is 0 Å². The van der Waals surface area contributed by atoms with Gasteiger partial charge in [0.1, 0.15) is 0 Å². The molecule has 0 saturated heterocycles. The van der Waals surface area contributed by atoms with Gasteiger partial charge in [-0.05, 0) is 0 Å². The molecular weight excluding hydrogens is 188 g/mol. The second-order valence-electron chi connectivity index (χ2n) is 2.39. The zero-order valence-corrected chi connectivity index (χ0v) is 6.97. The van der Waals surface area contributed by atoms with Crippen LogP contribution < -0.4 is 5.32 Å². The van der Waals surface area contributed by atoms with Crippen molar-refractivity contribution < 1.29 is 9.32 Å². The van der Waals surface area contributed by atoms with E-state index in [1.54, 1.807) is 0 Å². The number of nitrogens with zero attached hydrogens (tertiary/aromatic N) is 4. The first-order valence-corrected chi connectivity index (χ1v) is 3.75. The second-order valence-corrected chi connectivity index (χ2v) is 2.39. The summed E-state index contributed by atoms with van der Waals surface area (Å²) in [7, 11) is 0. The van der Waals surface area contributed by atoms with Crippen LogP contribution in [0, 0.1) is 0 Å². The van der Waals surface area contributed by atoms with Gasteiger partial charge < -0.3 is 9.84 Å². The molecule has 0 spiro atoms. The molecule has 0 aliphatic rings. The molecule has 0 atom stereocenters. The molecule has 2 aromatic heterocycles. The van der Waals surface area contributed by atoms with Crippen LogP contribution in [0.5, 0.6) is 0 Å². The molecular formula is C6H6N6O2. The maximum absolute atomic E-state index is 11.3. The Bertz CT molecular complexity index is 394. The molecule has 0 aromatic carbocycles. The highest BCUT2D eigenvalue weighted by atomic mass is 16.5. The summed E-state index contributed by atoms with van der Waals surface area (Å²) >= 11 is 0. The summed E-state index contributed by atoms with van der Waals surface area (Å²) in [6.07, 6.45) is 2.52. The SMILES string of the molecule is O=C(NCc1ncon1)c1cn[nH]n1. The highest BCUT2D eigenvalue weighted by Gasteiger charge is 2.08. The number of H-pyrrole nitrogens is 1. The van der Waals surface area contributed by atoms with Crippen molar-refractivity contribution in [1.82, 2.24) is 30.9 Å². The molecule has 0 fully saturated rings. The van der Waals surface area contributed by atoms with Gasteiger partial charge in [0.05, 0.1) is 12.7 Å². The van der Waals surface area contributed by atoms with Crippen molar-refractivity contribution in [1.29, 1.82) is 0 Å². The number of rotatable bonds is 3. The number of aromatic nitrogens is 5. The topological polar surface area (TPSA) is 110 Å². The Hall–Kier alpha value is -2.25. The summed E-state index contributed by atoms with van der Waals surface area (Å²) in [6.45, 7) is 0.197. The van der Waals surface area contributed by atoms with Gasteiger partial charge >= 0.3 is 0 Å². The van der Waals surface area contributed by atoms with E-state index in [0.29, 0.717) is 5.82 Å². The van der Waals surface area contributed by atoms with E-state index >= 15 is 0 Å². The minimum Gasteiger partial charge on any atom is -0.343 e. The van der Waals surface area contributed by atoms with Crippen molar-refractivity contribution in [3.8, 4) is 0 Å². The van der Waals surface area contributed by atoms with E-state index in [1.165, 1.54) is 12.6 Å². The zero-order valence-electron chi connectivity index (χ0n) is 6.97. The van der Waals surface area contributed by atoms with Crippen molar-refractivity contribution >= 4 is 5.91 Å². The number of nitrogens with one attached hydrogen (secondary N) is 2. The lowest BCUT2D eigenvalue weighted by Gasteiger charge is -1.96. The lowest BCUT2D eigenvalue weighted by Crippen LogP contribution is -2.23. The second kappa shape index (κ2) is 3.64. The fourth-order valence-electron chi connectivity index (χ4n) is 0.831. The predicted octanol–water partition coefficient (Wildman–Crippen LogP) is -0.882. The van der Waals surface area contributed by atoms with E-state index in [-0.39, 0.29) is 18.1 Å². The van der Waals surface area contributed by atoms with Gasteiger partial charge in [-0.2, -0.15) is 20.4 Å². The Balaban J connectivity index is 1.90. The van der Waals surface area contributed by atoms with Crippen LogP contribution in [0.3, 0.4) is 0 Å². The fourth-order valence-corrected chi connectivity index (χ4v) is 0.831. The maximum Gasteiger partial charge on any atom is 0.273 e. The third-order valence-electron chi connectivity index (χ3n) is 1.46. The molecule has 2 N–H and O–H groups in total. The molecule has 8 nitrogen and oxygen atoms in total. The van der Waals surface area contributed by atoms with E-state index in [0.717, 1.165) is 0 Å². The summed E-state index contributed by atoms with van der Waals surface area (Å²) in [5.74, 6) is 0.0606. The highest BCUT2D eigenvalue weighted by molar-refractivity contribution is 5.91. The van der Waals surface area contributed by atoms with Crippen molar-refractivity contribution in [2.24, 2.45) is 0 Å². The van der Waals surface area contributed by atoms with E-state index < -0.39 is 0 Å². The van der Waals surface area contributed by atoms with Crippen molar-refractivity contribution in [3.05, 3.63) is 24.1 Å². The van der Waals surface area contributed by atoms with Crippen LogP contribution >= 0.6 is 0 Å². The van der Waals surface area contributed by atoms with Crippen LogP contribution in [0.4, 0.5) is 0 Å². The standard InChI is InChI=1S/C6H6N6O2/c13-6(4-1-9-12-10-4)7-2-5-8-3-14-11-5/h1,3H,2H2,(H,7,13)(H,9,10,12). The lowest BCUT2D eigenvalue weighted by atomic mass is 10.4. The molecule has 72 valence electrons. The molecule has 0 bridgehead atoms. The monoisotopic (exact) mass is 194 g/mol. The van der Waals surface area contributed by atoms with Crippen molar-refractivity contribution in [3.63, 3.8) is 0 Å². The van der Waals surface area contributed by atoms with Gasteiger partial charge in [-0.3, -0.25) is 4.79 Å². The number of hydrogen-bond donors (Lipinski definition) is 2. The van der Waals surface area contributed by atoms with Crippen LogP contribution in [-0.2, 0) is 6.54 Å². The predicted molar refractivity (Wildman–Crippen MR) is 41.9 cm³/mol. The van der Waals surface area contributed by atoms with Gasteiger partial charge in [-0.25, -0.2) is 0 Å². The van der Waals surface area contributed by atoms with Crippen LogP contribution in [0.1, 0.15) is 16.3 Å². The molecule has 2 heterocycles. The van der Waals surface area contributed by atoms with Gasteiger partial charge in [-0.15, -0.1) is 0 Å². The first kappa shape index (κ1) is 8.35. The minimum atomic E-state index is -0.344. The normalized spacial score (nSPS) is 10.0. The number of amides is 1. The van der Waals surface area contributed by atoms with E-state index in [9.17, 15) is 4.79 Å². The highest BCUT2D eigenvalue weighted by Crippen LogP contribution is 1.91. The van der Waals surface area contributed by atoms with E-state index in [1.807, 2.05) is 0 Å². The zero-order chi connectivity index (χ0) is 9.80. The third-order valence-corrected chi connectivity index (χ3v) is 1.46. The maximum atomic E-state index is 11.3. The first-order chi connectivity index (χ1) is 6.86. The summed E-state index contributed by atoms with van der Waals surface area (Å²) in [5.41, 5.74) is 0.216. The van der Waals surface area contributed by atoms with Gasteiger partial charge in [0, 0.05) is 0 Å². The quantitative estimate of drug-likeness (QED) is 0.656. The third kappa shape index (κ3) is 1.73. The molecule has 0 radical (unpaired) electrons. The fraction of sp³-hybridized carbons (Fsp3) is 0.167. The molecule has 0 unspecified atom stereocenters. The van der Waals surface area contributed by atoms with Crippen molar-refractivity contribution in [2.75, 3.05) is 0 Å². The van der Waals surface area contributed by atoms with Crippen molar-refractivity contribution in [2.45, 2.75) is 6.54 Å². The molecule has 2 aromatic rings. The summed E-state index contributed by atoms with van der Waals surface area (Å²) < 4.78 is 4.49. The number of carbonyl (C=O) groups is 1. The summed E-state index contributed by atoms with van der Waals surface area (Å²) in [5, 5.41) is 15.5. The van der Waals surface area contributed by atoms with Gasteiger partial charge in [0.15, 0.2) is 11.5 Å². The van der Waals surface area contributed by atoms with Crippen LogP contribution in [-0.4, -0.2) is 31.5 Å². The Morgan fingerprint density at radius 2 is 2.57 bits per heavy atom. The van der Waals surface area contributed by atoms with Gasteiger partial charge in [-0.1, -0.05) is 5.16 Å². The number of hydrogen-bond acceptors (Lipinski definition) is 6. The Morgan fingerprint density at radius 1 is 1.64 bits per heavy atom. The lowest BCUT2D eigenvalue weighted by molar-refractivity contribution is 0.0944. The molecule has 14 heavy (non-hydrogen) atoms. The minimum absolute atomic E-state index is 0.197. The Morgan fingerprint density at radius 3 is 3.21 bits per heavy atom. The molecule has 0 saturated carbocycles. The van der Waals surface area contributed by atoms with Gasteiger partial charge in [0.2, 0.25) is 6.39 Å². The number of carbonyl (C=O) groups excluding carboxylic acids is 1. The van der Waals surface area contributed by atoms with Gasteiger partial charge in [0.25, 0.3) is 5.91 Å². The van der Waals surface area contributed by atoms with Crippen LogP contribution in [0.2, 0.25) is 0 Å². The Kier molecular flexibility index (Phi) is 2.17. The summed E-state index contributed by atoms with van der Waals surface area (Å²) in [6, 6.07) is 0. The Labute approximate surface area is 77.7 Å². The molecule has 0 aliphatic heterocycles. The molecule has 1 amide bonds. The average molecular weight is 194 g/mol. The van der Waals surface area contributed by atoms with Crippen LogP contribution in [0.25, 0.3) is 0 Å². The smallest absolute Gasteiger partial charge is 0.273 e. The molecule has 8 heteroatoms. The van der Waals surface area contributed by atoms with Crippen LogP contribution in [0.15, 0.2) is 17.1 Å². The largest absolute Gasteiger partial charge is 0.343 e. The summed E-state index contributed by atoms with van der Waals surface area (Å²) in [4.78, 5) is 15.0. The average Bonchev–Trinajstić information content (AvgIpc) is 2.87. The molecule has 2 rings (SSSR count).